The fourth-order valence-electron chi connectivity index (χ4n) is 2.73. The van der Waals surface area contributed by atoms with Crippen molar-refractivity contribution >= 4 is 34.9 Å². The Morgan fingerprint density at radius 3 is 2.37 bits per heavy atom. The normalized spacial score (nSPS) is 10.5. The lowest BCUT2D eigenvalue weighted by molar-refractivity contribution is -0.123. The molecule has 6 nitrogen and oxygen atoms in total. The van der Waals surface area contributed by atoms with E-state index >= 15 is 0 Å². The summed E-state index contributed by atoms with van der Waals surface area (Å²) < 4.78 is 5.58. The number of benzene rings is 2. The number of ether oxygens (including phenoxy) is 1. The zero-order valence-corrected chi connectivity index (χ0v) is 18.7. The SMILES string of the molecule is Cc1nc(CSc2ccc(C(=O)NNC(=O)COc3c(C)cccc3C)cc2)cs1. The number of carbonyl (C=O) groups excluding carboxylic acids is 2. The van der Waals surface area contributed by atoms with E-state index in [0.717, 1.165) is 32.5 Å². The number of para-hydroxylation sites is 1. The first kappa shape index (κ1) is 21.9. The zero-order chi connectivity index (χ0) is 21.5. The molecule has 8 heteroatoms. The third-order valence-electron chi connectivity index (χ3n) is 4.24. The highest BCUT2D eigenvalue weighted by atomic mass is 32.2. The maximum Gasteiger partial charge on any atom is 0.276 e. The number of aromatic nitrogens is 1. The summed E-state index contributed by atoms with van der Waals surface area (Å²) in [6.45, 7) is 5.64. The predicted molar refractivity (Wildman–Crippen MR) is 120 cm³/mol. The van der Waals surface area contributed by atoms with Gasteiger partial charge in [0.1, 0.15) is 5.75 Å². The van der Waals surface area contributed by atoms with E-state index in [2.05, 4.69) is 21.2 Å². The number of aryl methyl sites for hydroxylation is 3. The van der Waals surface area contributed by atoms with Gasteiger partial charge in [0.2, 0.25) is 0 Å². The van der Waals surface area contributed by atoms with Gasteiger partial charge in [-0.25, -0.2) is 4.98 Å². The average Bonchev–Trinajstić information content (AvgIpc) is 3.15. The Morgan fingerprint density at radius 2 is 1.73 bits per heavy atom. The molecule has 30 heavy (non-hydrogen) atoms. The molecule has 1 aromatic heterocycles. The smallest absolute Gasteiger partial charge is 0.276 e. The molecule has 0 aliphatic rings. The molecule has 3 aromatic rings. The molecular weight excluding hydrogens is 418 g/mol. The average molecular weight is 442 g/mol. The van der Waals surface area contributed by atoms with Crippen molar-refractivity contribution < 1.29 is 14.3 Å². The lowest BCUT2D eigenvalue weighted by atomic mass is 10.1. The van der Waals surface area contributed by atoms with Crippen LogP contribution in [0.2, 0.25) is 0 Å². The minimum atomic E-state index is -0.434. The topological polar surface area (TPSA) is 80.3 Å². The van der Waals surface area contributed by atoms with Crippen molar-refractivity contribution in [3.63, 3.8) is 0 Å². The largest absolute Gasteiger partial charge is 0.483 e. The predicted octanol–water partition coefficient (Wildman–Crippen LogP) is 4.20. The summed E-state index contributed by atoms with van der Waals surface area (Å²) in [6, 6.07) is 13.0. The highest BCUT2D eigenvalue weighted by molar-refractivity contribution is 7.98. The van der Waals surface area contributed by atoms with Crippen LogP contribution in [-0.2, 0) is 10.5 Å². The van der Waals surface area contributed by atoms with E-state index in [9.17, 15) is 9.59 Å². The van der Waals surface area contributed by atoms with Gasteiger partial charge in [-0.15, -0.1) is 23.1 Å². The van der Waals surface area contributed by atoms with E-state index in [4.69, 9.17) is 4.74 Å². The third kappa shape index (κ3) is 6.08. The number of rotatable bonds is 7. The number of carbonyl (C=O) groups is 2. The van der Waals surface area contributed by atoms with Gasteiger partial charge in [-0.1, -0.05) is 18.2 Å². The molecule has 0 aliphatic heterocycles. The van der Waals surface area contributed by atoms with Crippen molar-refractivity contribution in [1.82, 2.24) is 15.8 Å². The first-order valence-electron chi connectivity index (χ1n) is 9.34. The van der Waals surface area contributed by atoms with Crippen LogP contribution < -0.4 is 15.6 Å². The maximum absolute atomic E-state index is 12.2. The van der Waals surface area contributed by atoms with E-state index in [1.54, 1.807) is 35.2 Å². The molecule has 2 amide bonds. The summed E-state index contributed by atoms with van der Waals surface area (Å²) in [5.41, 5.74) is 8.20. The van der Waals surface area contributed by atoms with Gasteiger partial charge in [0.25, 0.3) is 11.8 Å². The van der Waals surface area contributed by atoms with Gasteiger partial charge in [0.05, 0.1) is 10.7 Å². The molecule has 0 atom stereocenters. The first-order valence-corrected chi connectivity index (χ1v) is 11.2. The second kappa shape index (κ2) is 10.3. The van der Waals surface area contributed by atoms with E-state index in [1.807, 2.05) is 51.1 Å². The number of thiazole rings is 1. The van der Waals surface area contributed by atoms with Crippen LogP contribution in [0.4, 0.5) is 0 Å². The second-order valence-corrected chi connectivity index (χ2v) is 8.79. The van der Waals surface area contributed by atoms with Gasteiger partial charge in [0.15, 0.2) is 6.61 Å². The fourth-order valence-corrected chi connectivity index (χ4v) is 4.24. The fraction of sp³-hybridized carbons (Fsp3) is 0.227. The van der Waals surface area contributed by atoms with Crippen LogP contribution in [0.5, 0.6) is 5.75 Å². The molecule has 0 spiro atoms. The lowest BCUT2D eigenvalue weighted by Gasteiger charge is -2.12. The van der Waals surface area contributed by atoms with Crippen LogP contribution in [-0.4, -0.2) is 23.4 Å². The Balaban J connectivity index is 1.44. The first-order chi connectivity index (χ1) is 14.4. The molecule has 0 fully saturated rings. The van der Waals surface area contributed by atoms with Crippen molar-refractivity contribution in [1.29, 1.82) is 0 Å². The maximum atomic E-state index is 12.2. The number of hydrogen-bond donors (Lipinski definition) is 2. The zero-order valence-electron chi connectivity index (χ0n) is 17.0. The van der Waals surface area contributed by atoms with Crippen LogP contribution in [0.15, 0.2) is 52.7 Å². The number of hydrogen-bond acceptors (Lipinski definition) is 6. The molecule has 0 saturated carbocycles. The van der Waals surface area contributed by atoms with Crippen LogP contribution in [0.1, 0.15) is 32.2 Å². The number of hydrazine groups is 1. The number of nitrogens with one attached hydrogen (secondary N) is 2. The van der Waals surface area contributed by atoms with Crippen molar-refractivity contribution in [2.75, 3.05) is 6.61 Å². The van der Waals surface area contributed by atoms with Gasteiger partial charge in [-0.2, -0.15) is 0 Å². The Bertz CT molecular complexity index is 1010. The van der Waals surface area contributed by atoms with Gasteiger partial charge >= 0.3 is 0 Å². The molecule has 0 radical (unpaired) electrons. The highest BCUT2D eigenvalue weighted by Crippen LogP contribution is 2.24. The lowest BCUT2D eigenvalue weighted by Crippen LogP contribution is -2.43. The molecule has 2 N–H and O–H groups in total. The highest BCUT2D eigenvalue weighted by Gasteiger charge is 2.10. The number of thioether (sulfide) groups is 1. The molecule has 0 saturated heterocycles. The summed E-state index contributed by atoms with van der Waals surface area (Å²) in [5, 5.41) is 3.11. The van der Waals surface area contributed by atoms with Crippen LogP contribution in [0.25, 0.3) is 0 Å². The standard InChI is InChI=1S/C22H23N3O3S2/c1-14-5-4-6-15(2)21(14)28-11-20(26)24-25-22(27)17-7-9-19(10-8-17)30-13-18-12-29-16(3)23-18/h4-10,12H,11,13H2,1-3H3,(H,24,26)(H,25,27). The Hall–Kier alpha value is -2.84. The van der Waals surface area contributed by atoms with E-state index in [-0.39, 0.29) is 12.5 Å². The summed E-state index contributed by atoms with van der Waals surface area (Å²) in [5.74, 6) is 0.644. The molecule has 2 aromatic carbocycles. The molecule has 0 aliphatic carbocycles. The van der Waals surface area contributed by atoms with E-state index in [1.165, 1.54) is 0 Å². The van der Waals surface area contributed by atoms with Crippen molar-refractivity contribution in [2.45, 2.75) is 31.4 Å². The van der Waals surface area contributed by atoms with Crippen molar-refractivity contribution in [3.05, 3.63) is 75.2 Å². The Kier molecular flexibility index (Phi) is 7.48. The molecule has 1 heterocycles. The number of amides is 2. The Morgan fingerprint density at radius 1 is 1.03 bits per heavy atom. The summed E-state index contributed by atoms with van der Waals surface area (Å²) in [4.78, 5) is 29.7. The summed E-state index contributed by atoms with van der Waals surface area (Å²) in [6.07, 6.45) is 0. The van der Waals surface area contributed by atoms with Crippen LogP contribution >= 0.6 is 23.1 Å². The van der Waals surface area contributed by atoms with Gasteiger partial charge in [-0.05, 0) is 56.2 Å². The molecule has 3 rings (SSSR count). The van der Waals surface area contributed by atoms with Crippen molar-refractivity contribution in [3.8, 4) is 5.75 Å². The molecule has 156 valence electrons. The minimum absolute atomic E-state index is 0.183. The van der Waals surface area contributed by atoms with Crippen molar-refractivity contribution in [2.24, 2.45) is 0 Å². The second-order valence-electron chi connectivity index (χ2n) is 6.68. The van der Waals surface area contributed by atoms with Gasteiger partial charge in [0, 0.05) is 21.6 Å². The third-order valence-corrected chi connectivity index (χ3v) is 6.11. The molecular formula is C22H23N3O3S2. The monoisotopic (exact) mass is 441 g/mol. The molecule has 0 bridgehead atoms. The molecule has 0 unspecified atom stereocenters. The summed E-state index contributed by atoms with van der Waals surface area (Å²) >= 11 is 3.29. The van der Waals surface area contributed by atoms with E-state index in [0.29, 0.717) is 11.3 Å². The summed E-state index contributed by atoms with van der Waals surface area (Å²) in [7, 11) is 0. The Labute approximate surface area is 184 Å². The minimum Gasteiger partial charge on any atom is -0.483 e. The van der Waals surface area contributed by atoms with Gasteiger partial charge < -0.3 is 4.74 Å². The van der Waals surface area contributed by atoms with Gasteiger partial charge in [-0.3, -0.25) is 20.4 Å². The quantitative estimate of drug-likeness (QED) is 0.424. The number of nitrogens with zero attached hydrogens (tertiary/aromatic N) is 1. The van der Waals surface area contributed by atoms with Crippen LogP contribution in [0, 0.1) is 20.8 Å². The van der Waals surface area contributed by atoms with Crippen LogP contribution in [0.3, 0.4) is 0 Å². The van der Waals surface area contributed by atoms with E-state index < -0.39 is 5.91 Å².